The highest BCUT2D eigenvalue weighted by molar-refractivity contribution is 6.03. The number of rotatable bonds is 6. The highest BCUT2D eigenvalue weighted by atomic mass is 16.5. The Labute approximate surface area is 158 Å². The van der Waals surface area contributed by atoms with Crippen molar-refractivity contribution in [2.75, 3.05) is 7.11 Å². The molecule has 138 valence electrons. The number of ether oxygens (including phenoxy) is 2. The zero-order valence-corrected chi connectivity index (χ0v) is 15.6. The molecule has 0 atom stereocenters. The molecule has 0 aliphatic rings. The SMILES string of the molecule is COc1cccc(C(=O)N/N=C\c2c(OC(C)C)ccc3ccccc23)c1. The summed E-state index contributed by atoms with van der Waals surface area (Å²) in [4.78, 5) is 12.3. The molecule has 5 nitrogen and oxygen atoms in total. The lowest BCUT2D eigenvalue weighted by atomic mass is 10.0. The minimum atomic E-state index is -0.309. The van der Waals surface area contributed by atoms with Crippen molar-refractivity contribution in [2.45, 2.75) is 20.0 Å². The summed E-state index contributed by atoms with van der Waals surface area (Å²) in [6, 6.07) is 18.8. The second-order valence-electron chi connectivity index (χ2n) is 6.30. The fourth-order valence-electron chi connectivity index (χ4n) is 2.75. The Bertz CT molecular complexity index is 980. The molecule has 0 heterocycles. The van der Waals surface area contributed by atoms with Crippen LogP contribution in [0, 0.1) is 0 Å². The highest BCUT2D eigenvalue weighted by Gasteiger charge is 2.09. The van der Waals surface area contributed by atoms with Gasteiger partial charge in [-0.05, 0) is 48.9 Å². The summed E-state index contributed by atoms with van der Waals surface area (Å²) in [5, 5.41) is 6.23. The molecule has 0 bridgehead atoms. The molecule has 0 radical (unpaired) electrons. The van der Waals surface area contributed by atoms with Crippen LogP contribution in [0.15, 0.2) is 65.8 Å². The lowest BCUT2D eigenvalue weighted by Gasteiger charge is -2.14. The number of benzene rings is 3. The van der Waals surface area contributed by atoms with E-state index in [-0.39, 0.29) is 12.0 Å². The second-order valence-corrected chi connectivity index (χ2v) is 6.30. The zero-order chi connectivity index (χ0) is 19.2. The number of methoxy groups -OCH3 is 1. The zero-order valence-electron chi connectivity index (χ0n) is 15.6. The van der Waals surface area contributed by atoms with Crippen LogP contribution in [0.25, 0.3) is 10.8 Å². The summed E-state index contributed by atoms with van der Waals surface area (Å²) < 4.78 is 11.1. The van der Waals surface area contributed by atoms with Crippen molar-refractivity contribution in [3.05, 3.63) is 71.8 Å². The fourth-order valence-corrected chi connectivity index (χ4v) is 2.75. The summed E-state index contributed by atoms with van der Waals surface area (Å²) in [6.07, 6.45) is 1.66. The Balaban J connectivity index is 1.87. The van der Waals surface area contributed by atoms with Crippen LogP contribution < -0.4 is 14.9 Å². The molecule has 3 aromatic rings. The van der Waals surface area contributed by atoms with E-state index < -0.39 is 0 Å². The van der Waals surface area contributed by atoms with Crippen molar-refractivity contribution < 1.29 is 14.3 Å². The Morgan fingerprint density at radius 2 is 1.89 bits per heavy atom. The third-order valence-electron chi connectivity index (χ3n) is 3.99. The van der Waals surface area contributed by atoms with E-state index in [4.69, 9.17) is 9.47 Å². The van der Waals surface area contributed by atoms with E-state index in [1.54, 1.807) is 37.6 Å². The molecule has 0 saturated heterocycles. The Kier molecular flexibility index (Phi) is 5.71. The highest BCUT2D eigenvalue weighted by Crippen LogP contribution is 2.27. The van der Waals surface area contributed by atoms with Crippen LogP contribution in [0.5, 0.6) is 11.5 Å². The third kappa shape index (κ3) is 4.44. The number of carbonyl (C=O) groups is 1. The van der Waals surface area contributed by atoms with Crippen molar-refractivity contribution in [2.24, 2.45) is 5.10 Å². The van der Waals surface area contributed by atoms with Crippen LogP contribution in [0.1, 0.15) is 29.8 Å². The van der Waals surface area contributed by atoms with Crippen LogP contribution in [-0.2, 0) is 0 Å². The Morgan fingerprint density at radius 1 is 1.07 bits per heavy atom. The van der Waals surface area contributed by atoms with Crippen LogP contribution in [0.2, 0.25) is 0 Å². The summed E-state index contributed by atoms with van der Waals surface area (Å²) in [7, 11) is 1.56. The molecule has 0 aromatic heterocycles. The molecular weight excluding hydrogens is 340 g/mol. The molecule has 0 spiro atoms. The fraction of sp³-hybridized carbons (Fsp3) is 0.182. The van der Waals surface area contributed by atoms with E-state index in [9.17, 15) is 4.79 Å². The lowest BCUT2D eigenvalue weighted by molar-refractivity contribution is 0.0954. The first kappa shape index (κ1) is 18.5. The number of fused-ring (bicyclic) bond motifs is 1. The van der Waals surface area contributed by atoms with E-state index in [1.165, 1.54) is 0 Å². The standard InChI is InChI=1S/C22H22N2O3/c1-15(2)27-21-12-11-16-7-4-5-10-19(16)20(21)14-23-24-22(25)17-8-6-9-18(13-17)26-3/h4-15H,1-3H3,(H,24,25)/b23-14-. The van der Waals surface area contributed by atoms with E-state index in [1.807, 2.05) is 50.2 Å². The Hall–Kier alpha value is -3.34. The van der Waals surface area contributed by atoms with Gasteiger partial charge in [0.1, 0.15) is 11.5 Å². The van der Waals surface area contributed by atoms with Gasteiger partial charge in [-0.2, -0.15) is 5.10 Å². The smallest absolute Gasteiger partial charge is 0.271 e. The van der Waals surface area contributed by atoms with Crippen molar-refractivity contribution in [1.82, 2.24) is 5.43 Å². The number of nitrogens with zero attached hydrogens (tertiary/aromatic N) is 1. The topological polar surface area (TPSA) is 59.9 Å². The van der Waals surface area contributed by atoms with Crippen molar-refractivity contribution in [1.29, 1.82) is 0 Å². The largest absolute Gasteiger partial charge is 0.497 e. The first-order valence-electron chi connectivity index (χ1n) is 8.74. The monoisotopic (exact) mass is 362 g/mol. The van der Waals surface area contributed by atoms with Gasteiger partial charge in [0.25, 0.3) is 5.91 Å². The first-order chi connectivity index (χ1) is 13.1. The number of carbonyl (C=O) groups excluding carboxylic acids is 1. The normalized spacial score (nSPS) is 11.1. The minimum Gasteiger partial charge on any atom is -0.497 e. The van der Waals surface area contributed by atoms with Gasteiger partial charge in [0.05, 0.1) is 19.4 Å². The number of hydrogen-bond donors (Lipinski definition) is 1. The molecule has 0 fully saturated rings. The summed E-state index contributed by atoms with van der Waals surface area (Å²) in [5.74, 6) is 1.04. The molecular formula is C22H22N2O3. The summed E-state index contributed by atoms with van der Waals surface area (Å²) in [6.45, 7) is 3.95. The minimum absolute atomic E-state index is 0.0321. The molecule has 5 heteroatoms. The number of amides is 1. The van der Waals surface area contributed by atoms with Crippen LogP contribution in [0.4, 0.5) is 0 Å². The Morgan fingerprint density at radius 3 is 2.67 bits per heavy atom. The van der Waals surface area contributed by atoms with E-state index in [0.717, 1.165) is 22.1 Å². The van der Waals surface area contributed by atoms with Crippen LogP contribution in [-0.4, -0.2) is 25.3 Å². The molecule has 0 saturated carbocycles. The predicted molar refractivity (Wildman–Crippen MR) is 108 cm³/mol. The van der Waals surface area contributed by atoms with Gasteiger partial charge in [-0.15, -0.1) is 0 Å². The third-order valence-corrected chi connectivity index (χ3v) is 3.99. The van der Waals surface area contributed by atoms with Crippen LogP contribution in [0.3, 0.4) is 0 Å². The van der Waals surface area contributed by atoms with Gasteiger partial charge in [-0.25, -0.2) is 5.43 Å². The van der Waals surface area contributed by atoms with Crippen molar-refractivity contribution in [3.8, 4) is 11.5 Å². The van der Waals surface area contributed by atoms with Gasteiger partial charge in [0.2, 0.25) is 0 Å². The number of nitrogens with one attached hydrogen (secondary N) is 1. The quantitative estimate of drug-likeness (QED) is 0.522. The van der Waals surface area contributed by atoms with Crippen molar-refractivity contribution >= 4 is 22.9 Å². The molecule has 0 aliphatic carbocycles. The summed E-state index contributed by atoms with van der Waals surface area (Å²) >= 11 is 0. The van der Waals surface area contributed by atoms with E-state index in [2.05, 4.69) is 10.5 Å². The average Bonchev–Trinajstić information content (AvgIpc) is 2.68. The summed E-state index contributed by atoms with van der Waals surface area (Å²) in [5.41, 5.74) is 3.87. The maximum absolute atomic E-state index is 12.3. The lowest BCUT2D eigenvalue weighted by Crippen LogP contribution is -2.17. The molecule has 3 rings (SSSR count). The molecule has 27 heavy (non-hydrogen) atoms. The van der Waals surface area contributed by atoms with Gasteiger partial charge >= 0.3 is 0 Å². The van der Waals surface area contributed by atoms with Gasteiger partial charge < -0.3 is 9.47 Å². The molecule has 3 aromatic carbocycles. The first-order valence-corrected chi connectivity index (χ1v) is 8.74. The number of hydrazone groups is 1. The molecule has 0 unspecified atom stereocenters. The van der Waals surface area contributed by atoms with Crippen molar-refractivity contribution in [3.63, 3.8) is 0 Å². The molecule has 1 N–H and O–H groups in total. The van der Waals surface area contributed by atoms with Gasteiger partial charge in [-0.1, -0.05) is 36.4 Å². The maximum Gasteiger partial charge on any atom is 0.271 e. The average molecular weight is 362 g/mol. The molecule has 1 amide bonds. The van der Waals surface area contributed by atoms with Gasteiger partial charge in [0.15, 0.2) is 0 Å². The molecule has 0 aliphatic heterocycles. The maximum atomic E-state index is 12.3. The predicted octanol–water partition coefficient (Wildman–Crippen LogP) is 4.40. The van der Waals surface area contributed by atoms with Crippen LogP contribution >= 0.6 is 0 Å². The van der Waals surface area contributed by atoms with E-state index >= 15 is 0 Å². The van der Waals surface area contributed by atoms with Gasteiger partial charge in [-0.3, -0.25) is 4.79 Å². The number of hydrogen-bond acceptors (Lipinski definition) is 4. The van der Waals surface area contributed by atoms with Gasteiger partial charge in [0, 0.05) is 11.1 Å². The second kappa shape index (κ2) is 8.36. The van der Waals surface area contributed by atoms with E-state index in [0.29, 0.717) is 11.3 Å².